The Kier molecular flexibility index (Phi) is 4.86. The molecule has 0 aliphatic carbocycles. The van der Waals surface area contributed by atoms with Crippen LogP contribution in [0.2, 0.25) is 0 Å². The van der Waals surface area contributed by atoms with Gasteiger partial charge in [-0.25, -0.2) is 0 Å². The molecule has 1 N–H and O–H groups in total. The molecule has 0 radical (unpaired) electrons. The van der Waals surface area contributed by atoms with E-state index in [9.17, 15) is 0 Å². The van der Waals surface area contributed by atoms with Crippen molar-refractivity contribution in [2.24, 2.45) is 0 Å². The van der Waals surface area contributed by atoms with E-state index in [1.165, 1.54) is 0 Å². The van der Waals surface area contributed by atoms with Crippen LogP contribution < -0.4 is 5.32 Å². The average Bonchev–Trinajstić information content (AvgIpc) is 1.98. The predicted molar refractivity (Wildman–Crippen MR) is 55.7 cm³/mol. The number of allylic oxidation sites excluding steroid dienone is 5. The van der Waals surface area contributed by atoms with Gasteiger partial charge >= 0.3 is 0 Å². The number of rotatable bonds is 4. The summed E-state index contributed by atoms with van der Waals surface area (Å²) in [7, 11) is 0. The van der Waals surface area contributed by atoms with E-state index in [1.807, 2.05) is 39.0 Å². The van der Waals surface area contributed by atoms with Crippen molar-refractivity contribution in [1.29, 1.82) is 0 Å². The zero-order chi connectivity index (χ0) is 9.56. The number of hydrogen-bond donors (Lipinski definition) is 1. The molecule has 0 aromatic rings. The molecule has 0 aromatic carbocycles. The molecule has 0 atom stereocenters. The predicted octanol–water partition coefficient (Wildman–Crippen LogP) is 3.15. The van der Waals surface area contributed by atoms with Crippen LogP contribution in [0.4, 0.5) is 0 Å². The summed E-state index contributed by atoms with van der Waals surface area (Å²) in [4.78, 5) is 0. The summed E-state index contributed by atoms with van der Waals surface area (Å²) in [5, 5.41) is 3.06. The Balaban J connectivity index is 4.19. The van der Waals surface area contributed by atoms with Crippen molar-refractivity contribution in [3.05, 3.63) is 48.4 Å². The van der Waals surface area contributed by atoms with Crippen LogP contribution in [-0.2, 0) is 0 Å². The molecule has 0 aliphatic heterocycles. The Morgan fingerprint density at radius 1 is 1.25 bits per heavy atom. The Hall–Kier alpha value is -1.24. The highest BCUT2D eigenvalue weighted by Crippen LogP contribution is 2.04. The van der Waals surface area contributed by atoms with Crippen molar-refractivity contribution in [1.82, 2.24) is 5.32 Å². The smallest absolute Gasteiger partial charge is 0.0338 e. The second kappa shape index (κ2) is 5.42. The summed E-state index contributed by atoms with van der Waals surface area (Å²) in [5.74, 6) is 0. The van der Waals surface area contributed by atoms with Crippen LogP contribution in [0.1, 0.15) is 20.8 Å². The lowest BCUT2D eigenvalue weighted by Gasteiger charge is -2.07. The first kappa shape index (κ1) is 10.8. The van der Waals surface area contributed by atoms with Gasteiger partial charge in [-0.05, 0) is 26.3 Å². The van der Waals surface area contributed by atoms with Gasteiger partial charge < -0.3 is 5.32 Å². The lowest BCUT2D eigenvalue weighted by atomic mass is 10.2. The molecule has 0 heterocycles. The first-order valence-electron chi connectivity index (χ1n) is 3.99. The second-order valence-electron chi connectivity index (χ2n) is 2.76. The van der Waals surface area contributed by atoms with Crippen LogP contribution in [0.3, 0.4) is 0 Å². The van der Waals surface area contributed by atoms with E-state index in [2.05, 4.69) is 18.5 Å². The van der Waals surface area contributed by atoms with Crippen molar-refractivity contribution in [2.45, 2.75) is 20.8 Å². The third kappa shape index (κ3) is 4.56. The molecule has 0 bridgehead atoms. The highest BCUT2D eigenvalue weighted by molar-refractivity contribution is 5.30. The molecular formula is C11H17N. The summed E-state index contributed by atoms with van der Waals surface area (Å²) < 4.78 is 0. The summed E-state index contributed by atoms with van der Waals surface area (Å²) in [5.41, 5.74) is 2.94. The third-order valence-corrected chi connectivity index (χ3v) is 1.38. The maximum atomic E-state index is 3.87. The van der Waals surface area contributed by atoms with E-state index >= 15 is 0 Å². The Labute approximate surface area is 75.2 Å². The maximum absolute atomic E-state index is 3.87. The zero-order valence-corrected chi connectivity index (χ0v) is 8.15. The molecule has 0 unspecified atom stereocenters. The number of nitrogens with one attached hydrogen (secondary N) is 1. The van der Waals surface area contributed by atoms with Crippen LogP contribution in [0.5, 0.6) is 0 Å². The molecule has 0 aliphatic rings. The van der Waals surface area contributed by atoms with Crippen LogP contribution in [-0.4, -0.2) is 0 Å². The zero-order valence-electron chi connectivity index (χ0n) is 8.15. The fraction of sp³-hybridized carbons (Fsp3) is 0.273. The van der Waals surface area contributed by atoms with Gasteiger partial charge in [0.15, 0.2) is 0 Å². The lowest BCUT2D eigenvalue weighted by molar-refractivity contribution is 0.989. The summed E-state index contributed by atoms with van der Waals surface area (Å²) in [6.07, 6.45) is 5.98. The first-order valence-corrected chi connectivity index (χ1v) is 3.99. The van der Waals surface area contributed by atoms with Gasteiger partial charge in [-0.2, -0.15) is 0 Å². The third-order valence-electron chi connectivity index (χ3n) is 1.38. The SMILES string of the molecule is C=C(C)NC(=C)/C(C)=C/C=C\C. The van der Waals surface area contributed by atoms with Crippen LogP contribution >= 0.6 is 0 Å². The van der Waals surface area contributed by atoms with Crippen molar-refractivity contribution in [3.63, 3.8) is 0 Å². The second-order valence-corrected chi connectivity index (χ2v) is 2.76. The fourth-order valence-electron chi connectivity index (χ4n) is 0.697. The van der Waals surface area contributed by atoms with Gasteiger partial charge in [0.25, 0.3) is 0 Å². The maximum Gasteiger partial charge on any atom is 0.0338 e. The molecule has 0 saturated carbocycles. The molecule has 1 heteroatoms. The highest BCUT2D eigenvalue weighted by Gasteiger charge is 1.93. The Morgan fingerprint density at radius 2 is 1.83 bits per heavy atom. The summed E-state index contributed by atoms with van der Waals surface area (Å²) in [6.45, 7) is 13.5. The summed E-state index contributed by atoms with van der Waals surface area (Å²) in [6, 6.07) is 0. The van der Waals surface area contributed by atoms with E-state index in [4.69, 9.17) is 0 Å². The van der Waals surface area contributed by atoms with Gasteiger partial charge in [0.1, 0.15) is 0 Å². The molecule has 0 rings (SSSR count). The van der Waals surface area contributed by atoms with E-state index < -0.39 is 0 Å². The fourth-order valence-corrected chi connectivity index (χ4v) is 0.697. The van der Waals surface area contributed by atoms with Gasteiger partial charge in [0.05, 0.1) is 0 Å². The first-order chi connectivity index (χ1) is 5.57. The average molecular weight is 163 g/mol. The summed E-state index contributed by atoms with van der Waals surface area (Å²) >= 11 is 0. The Morgan fingerprint density at radius 3 is 2.25 bits per heavy atom. The normalized spacial score (nSPS) is 11.8. The monoisotopic (exact) mass is 163 g/mol. The van der Waals surface area contributed by atoms with Gasteiger partial charge in [0, 0.05) is 11.4 Å². The van der Waals surface area contributed by atoms with Crippen molar-refractivity contribution in [3.8, 4) is 0 Å². The van der Waals surface area contributed by atoms with E-state index in [1.54, 1.807) is 0 Å². The van der Waals surface area contributed by atoms with Gasteiger partial charge in [-0.3, -0.25) is 0 Å². The largest absolute Gasteiger partial charge is 0.360 e. The molecule has 0 fully saturated rings. The lowest BCUT2D eigenvalue weighted by Crippen LogP contribution is -2.08. The van der Waals surface area contributed by atoms with Gasteiger partial charge in [-0.1, -0.05) is 31.4 Å². The van der Waals surface area contributed by atoms with Crippen LogP contribution in [0, 0.1) is 0 Å². The van der Waals surface area contributed by atoms with Crippen LogP contribution in [0.15, 0.2) is 48.4 Å². The highest BCUT2D eigenvalue weighted by atomic mass is 14.9. The minimum atomic E-state index is 0.903. The van der Waals surface area contributed by atoms with Gasteiger partial charge in [-0.15, -0.1) is 0 Å². The van der Waals surface area contributed by atoms with Crippen molar-refractivity contribution in [2.75, 3.05) is 0 Å². The van der Waals surface area contributed by atoms with Crippen LogP contribution in [0.25, 0.3) is 0 Å². The molecule has 0 saturated heterocycles. The minimum absolute atomic E-state index is 0.903. The topological polar surface area (TPSA) is 12.0 Å². The quantitative estimate of drug-likeness (QED) is 0.628. The van der Waals surface area contributed by atoms with Crippen molar-refractivity contribution < 1.29 is 0 Å². The molecule has 12 heavy (non-hydrogen) atoms. The van der Waals surface area contributed by atoms with E-state index in [0.717, 1.165) is 17.0 Å². The Bertz CT molecular complexity index is 231. The molecule has 1 nitrogen and oxygen atoms in total. The molecule has 66 valence electrons. The number of hydrogen-bond acceptors (Lipinski definition) is 1. The van der Waals surface area contributed by atoms with Crippen molar-refractivity contribution >= 4 is 0 Å². The standard InChI is InChI=1S/C11H17N/c1-6-7-8-10(4)11(5)12-9(2)3/h6-8,12H,2,5H2,1,3-4H3/b7-6-,10-8+. The molecular weight excluding hydrogens is 146 g/mol. The molecule has 0 spiro atoms. The molecule has 0 aromatic heterocycles. The molecule has 0 amide bonds. The van der Waals surface area contributed by atoms with E-state index in [0.29, 0.717) is 0 Å². The minimum Gasteiger partial charge on any atom is -0.360 e. The van der Waals surface area contributed by atoms with Gasteiger partial charge in [0.2, 0.25) is 0 Å². The van der Waals surface area contributed by atoms with E-state index in [-0.39, 0.29) is 0 Å².